The minimum Gasteiger partial charge on any atom is -0.489 e. The molecule has 26 heavy (non-hydrogen) atoms. The maximum absolute atomic E-state index is 6.22. The summed E-state index contributed by atoms with van der Waals surface area (Å²) in [5.41, 5.74) is 8.77. The summed E-state index contributed by atoms with van der Waals surface area (Å²) < 4.78 is 17.0. The first-order valence-electron chi connectivity index (χ1n) is 8.52. The first kappa shape index (κ1) is 17.1. The minimum atomic E-state index is -0.184. The van der Waals surface area contributed by atoms with Gasteiger partial charge in [-0.2, -0.15) is 0 Å². The largest absolute Gasteiger partial charge is 0.489 e. The fraction of sp³-hybridized carbons (Fsp3) is 0.368. The second-order valence-corrected chi connectivity index (χ2v) is 6.88. The molecule has 136 valence electrons. The first-order chi connectivity index (χ1) is 12.7. The molecule has 1 fully saturated rings. The Kier molecular flexibility index (Phi) is 4.70. The number of halogens is 1. The predicted octanol–water partition coefficient (Wildman–Crippen LogP) is 3.20. The zero-order valence-electron chi connectivity index (χ0n) is 14.4. The van der Waals surface area contributed by atoms with Crippen LogP contribution in [-0.2, 0) is 9.47 Å². The van der Waals surface area contributed by atoms with Gasteiger partial charge in [0.05, 0.1) is 31.4 Å². The second kappa shape index (κ2) is 7.13. The molecule has 0 amide bonds. The van der Waals surface area contributed by atoms with Crippen LogP contribution in [0.25, 0.3) is 11.1 Å². The number of fused-ring (bicyclic) bond motifs is 2. The van der Waals surface area contributed by atoms with Crippen molar-refractivity contribution >= 4 is 17.6 Å². The lowest BCUT2D eigenvalue weighted by molar-refractivity contribution is -0.0436. The van der Waals surface area contributed by atoms with E-state index < -0.39 is 0 Å². The summed E-state index contributed by atoms with van der Waals surface area (Å²) in [5.74, 6) is 0.919. The molecule has 0 spiro atoms. The van der Waals surface area contributed by atoms with Crippen LogP contribution in [0.3, 0.4) is 0 Å². The van der Waals surface area contributed by atoms with Crippen molar-refractivity contribution in [3.8, 4) is 16.9 Å². The molecule has 3 heterocycles. The van der Waals surface area contributed by atoms with Gasteiger partial charge in [0.2, 0.25) is 0 Å². The molecule has 2 aliphatic rings. The summed E-state index contributed by atoms with van der Waals surface area (Å²) in [4.78, 5) is 8.77. The van der Waals surface area contributed by atoms with Gasteiger partial charge in [-0.15, -0.1) is 0 Å². The van der Waals surface area contributed by atoms with Crippen molar-refractivity contribution in [1.29, 1.82) is 0 Å². The highest BCUT2D eigenvalue weighted by molar-refractivity contribution is 6.30. The highest BCUT2D eigenvalue weighted by Gasteiger charge is 2.40. The van der Waals surface area contributed by atoms with Gasteiger partial charge < -0.3 is 19.9 Å². The van der Waals surface area contributed by atoms with Crippen LogP contribution in [0.5, 0.6) is 5.75 Å². The normalized spacial score (nSPS) is 25.0. The Bertz CT molecular complexity index is 843. The Morgan fingerprint density at radius 3 is 3.00 bits per heavy atom. The number of aromatic nitrogens is 1. The molecular formula is C19H20ClN3O3. The lowest BCUT2D eigenvalue weighted by Crippen LogP contribution is -2.43. The van der Waals surface area contributed by atoms with E-state index >= 15 is 0 Å². The predicted molar refractivity (Wildman–Crippen MR) is 99.4 cm³/mol. The van der Waals surface area contributed by atoms with Crippen molar-refractivity contribution in [2.75, 3.05) is 20.3 Å². The van der Waals surface area contributed by atoms with Crippen molar-refractivity contribution < 1.29 is 14.2 Å². The molecule has 0 radical (unpaired) electrons. The number of rotatable bonds is 2. The molecule has 1 unspecified atom stereocenters. The Morgan fingerprint density at radius 2 is 2.19 bits per heavy atom. The van der Waals surface area contributed by atoms with E-state index in [1.807, 2.05) is 18.2 Å². The summed E-state index contributed by atoms with van der Waals surface area (Å²) in [7, 11) is 1.52. The molecule has 1 saturated heterocycles. The number of hydrogen-bond donors (Lipinski definition) is 1. The van der Waals surface area contributed by atoms with Crippen LogP contribution in [0, 0.1) is 5.92 Å². The molecule has 3 atom stereocenters. The molecule has 1 aromatic carbocycles. The van der Waals surface area contributed by atoms with Crippen molar-refractivity contribution in [3.63, 3.8) is 0 Å². The quantitative estimate of drug-likeness (QED) is 0.646. The number of pyridine rings is 1. The van der Waals surface area contributed by atoms with Crippen LogP contribution >= 0.6 is 11.6 Å². The minimum absolute atomic E-state index is 0.0633. The number of nitrogens with zero attached hydrogens (tertiary/aromatic N) is 2. The van der Waals surface area contributed by atoms with Gasteiger partial charge in [-0.3, -0.25) is 4.98 Å². The van der Waals surface area contributed by atoms with Crippen molar-refractivity contribution in [2.45, 2.75) is 18.6 Å². The average Bonchev–Trinajstić information content (AvgIpc) is 2.67. The van der Waals surface area contributed by atoms with E-state index in [-0.39, 0.29) is 24.1 Å². The van der Waals surface area contributed by atoms with E-state index in [4.69, 9.17) is 31.5 Å². The average molecular weight is 374 g/mol. The standard InChI is InChI=1S/C19H20ClN3O3/c1-24-19(21)23-18-14-7-11(12-6-13(20)9-22-8-12)2-3-16(14)26-17-4-5-25-10-15(17)18/h2-3,6-9,15,17-18H,4-5,10H2,1H3,(H2,21,23)/t15-,17+,18?/m1/s1. The Morgan fingerprint density at radius 1 is 1.31 bits per heavy atom. The molecule has 1 aromatic heterocycles. The fourth-order valence-corrected chi connectivity index (χ4v) is 3.74. The van der Waals surface area contributed by atoms with Gasteiger partial charge >= 0.3 is 0 Å². The van der Waals surface area contributed by atoms with Crippen LogP contribution in [-0.4, -0.2) is 37.4 Å². The van der Waals surface area contributed by atoms with Crippen molar-refractivity contribution in [2.24, 2.45) is 16.6 Å². The van der Waals surface area contributed by atoms with Gasteiger partial charge in [-0.25, -0.2) is 4.99 Å². The maximum atomic E-state index is 6.22. The van der Waals surface area contributed by atoms with Crippen LogP contribution < -0.4 is 10.5 Å². The molecule has 2 N–H and O–H groups in total. The number of amidine groups is 1. The van der Waals surface area contributed by atoms with Gasteiger partial charge in [0.25, 0.3) is 6.02 Å². The van der Waals surface area contributed by atoms with Gasteiger partial charge in [0.15, 0.2) is 0 Å². The Labute approximate surface area is 156 Å². The van der Waals surface area contributed by atoms with Gasteiger partial charge in [-0.1, -0.05) is 17.7 Å². The zero-order valence-corrected chi connectivity index (χ0v) is 15.1. The van der Waals surface area contributed by atoms with Crippen molar-refractivity contribution in [1.82, 2.24) is 4.98 Å². The molecule has 6 nitrogen and oxygen atoms in total. The fourth-order valence-electron chi connectivity index (χ4n) is 3.57. The third kappa shape index (κ3) is 3.22. The SMILES string of the molecule is COC(N)=NC1c2cc(-c3cncc(Cl)c3)ccc2O[C@H]2CCOC[C@@H]12. The van der Waals surface area contributed by atoms with Gasteiger partial charge in [0.1, 0.15) is 11.9 Å². The first-order valence-corrected chi connectivity index (χ1v) is 8.90. The molecular weight excluding hydrogens is 354 g/mol. The summed E-state index contributed by atoms with van der Waals surface area (Å²) >= 11 is 6.09. The van der Waals surface area contributed by atoms with Gasteiger partial charge in [0, 0.05) is 35.9 Å². The monoisotopic (exact) mass is 373 g/mol. The lowest BCUT2D eigenvalue weighted by Gasteiger charge is -2.40. The zero-order chi connectivity index (χ0) is 18.1. The van der Waals surface area contributed by atoms with Gasteiger partial charge in [-0.05, 0) is 23.8 Å². The van der Waals surface area contributed by atoms with E-state index in [0.29, 0.717) is 18.2 Å². The summed E-state index contributed by atoms with van der Waals surface area (Å²) in [6.45, 7) is 1.27. The highest BCUT2D eigenvalue weighted by atomic mass is 35.5. The van der Waals surface area contributed by atoms with Crippen molar-refractivity contribution in [3.05, 3.63) is 47.2 Å². The highest BCUT2D eigenvalue weighted by Crippen LogP contribution is 2.45. The molecule has 4 rings (SSSR count). The van der Waals surface area contributed by atoms with Crippen LogP contribution in [0.15, 0.2) is 41.7 Å². The maximum Gasteiger partial charge on any atom is 0.282 e. The number of methoxy groups -OCH3 is 1. The Hall–Kier alpha value is -2.31. The van der Waals surface area contributed by atoms with E-state index in [0.717, 1.165) is 28.9 Å². The third-order valence-corrected chi connectivity index (χ3v) is 5.07. The molecule has 0 bridgehead atoms. The van der Waals surface area contributed by atoms with E-state index in [9.17, 15) is 0 Å². The number of ether oxygens (including phenoxy) is 3. The molecule has 0 aliphatic carbocycles. The van der Waals surface area contributed by atoms with E-state index in [2.05, 4.69) is 16.0 Å². The molecule has 2 aromatic rings. The van der Waals surface area contributed by atoms with E-state index in [1.54, 1.807) is 12.4 Å². The molecule has 0 saturated carbocycles. The lowest BCUT2D eigenvalue weighted by atomic mass is 9.83. The Balaban J connectivity index is 1.79. The summed E-state index contributed by atoms with van der Waals surface area (Å²) in [6.07, 6.45) is 4.30. The van der Waals surface area contributed by atoms with Crippen LogP contribution in [0.4, 0.5) is 0 Å². The topological polar surface area (TPSA) is 79.0 Å². The van der Waals surface area contributed by atoms with Crippen LogP contribution in [0.2, 0.25) is 5.02 Å². The third-order valence-electron chi connectivity index (χ3n) is 4.86. The molecule has 7 heteroatoms. The molecule has 2 aliphatic heterocycles. The summed E-state index contributed by atoms with van der Waals surface area (Å²) in [5, 5.41) is 0.593. The van der Waals surface area contributed by atoms with E-state index in [1.165, 1.54) is 7.11 Å². The number of nitrogens with two attached hydrogens (primary N) is 1. The number of benzene rings is 1. The number of aliphatic imine (C=N–C) groups is 1. The number of hydrogen-bond acceptors (Lipinski definition) is 5. The smallest absolute Gasteiger partial charge is 0.282 e. The summed E-state index contributed by atoms with van der Waals surface area (Å²) in [6, 6.07) is 7.89. The van der Waals surface area contributed by atoms with Crippen LogP contribution in [0.1, 0.15) is 18.0 Å². The second-order valence-electron chi connectivity index (χ2n) is 6.44.